The Morgan fingerprint density at radius 3 is 2.27 bits per heavy atom. The Labute approximate surface area is 189 Å². The molecule has 1 aliphatic carbocycles. The van der Waals surface area contributed by atoms with Crippen LogP contribution < -0.4 is 4.74 Å². The first-order chi connectivity index (χ1) is 16.0. The molecule has 0 amide bonds. The number of aromatic nitrogens is 1. The van der Waals surface area contributed by atoms with Crippen molar-refractivity contribution in [3.63, 3.8) is 0 Å². The van der Waals surface area contributed by atoms with Gasteiger partial charge in [0.15, 0.2) is 6.61 Å². The number of benzene rings is 3. The number of Topliss-reactive ketones (excluding diaryl/α,β-unsaturated/α-hetero) is 2. The van der Waals surface area contributed by atoms with Gasteiger partial charge >= 0.3 is 5.97 Å². The van der Waals surface area contributed by atoms with Crippen LogP contribution in [0.2, 0.25) is 0 Å². The number of carbonyl (C=O) groups excluding carboxylic acids is 2. The van der Waals surface area contributed by atoms with E-state index >= 15 is 0 Å². The number of H-pyrrole nitrogens is 1. The molecule has 0 fully saturated rings. The molecule has 1 heterocycles. The van der Waals surface area contributed by atoms with Crippen LogP contribution in [-0.4, -0.2) is 34.2 Å². The lowest BCUT2D eigenvalue weighted by molar-refractivity contribution is -0.139. The van der Waals surface area contributed by atoms with Crippen LogP contribution in [0, 0.1) is 0 Å². The van der Waals surface area contributed by atoms with Gasteiger partial charge in [-0.3, -0.25) is 9.59 Å². The number of carboxylic acid groups (broad SMARTS) is 1. The number of carbonyl (C=O) groups is 3. The lowest BCUT2D eigenvalue weighted by Gasteiger charge is -2.22. The van der Waals surface area contributed by atoms with Crippen LogP contribution in [0.1, 0.15) is 27.0 Å². The summed E-state index contributed by atoms with van der Waals surface area (Å²) in [5.41, 5.74) is 4.95. The van der Waals surface area contributed by atoms with E-state index in [1.54, 1.807) is 36.4 Å². The first kappa shape index (κ1) is 20.5. The van der Waals surface area contributed by atoms with Gasteiger partial charge in [0.25, 0.3) is 0 Å². The number of para-hydroxylation sites is 1. The second-order valence-corrected chi connectivity index (χ2v) is 7.81. The first-order valence-electron chi connectivity index (χ1n) is 10.4. The summed E-state index contributed by atoms with van der Waals surface area (Å²) in [6.45, 7) is -0.432. The van der Waals surface area contributed by atoms with Crippen molar-refractivity contribution in [2.45, 2.75) is 6.42 Å². The van der Waals surface area contributed by atoms with Crippen molar-refractivity contribution < 1.29 is 24.2 Å². The molecule has 162 valence electrons. The fourth-order valence-electron chi connectivity index (χ4n) is 4.24. The third-order valence-electron chi connectivity index (χ3n) is 5.75. The molecule has 0 radical (unpaired) electrons. The summed E-state index contributed by atoms with van der Waals surface area (Å²) in [7, 11) is 0. The maximum absolute atomic E-state index is 13.3. The minimum atomic E-state index is -1.06. The molecule has 0 saturated carbocycles. The van der Waals surface area contributed by atoms with Gasteiger partial charge in [-0.15, -0.1) is 0 Å². The number of fused-ring (bicyclic) bond motifs is 2. The summed E-state index contributed by atoms with van der Waals surface area (Å²) < 4.78 is 5.19. The van der Waals surface area contributed by atoms with Gasteiger partial charge in [0.2, 0.25) is 11.6 Å². The van der Waals surface area contributed by atoms with Gasteiger partial charge < -0.3 is 14.8 Å². The van der Waals surface area contributed by atoms with E-state index in [1.165, 1.54) is 0 Å². The summed E-state index contributed by atoms with van der Waals surface area (Å²) >= 11 is 0. The summed E-state index contributed by atoms with van der Waals surface area (Å²) in [6.07, 6.45) is 2.13. The van der Waals surface area contributed by atoms with E-state index in [0.29, 0.717) is 16.9 Å². The standard InChI is InChI=1S/C27H19NO5/c29-24(30)15-33-17-11-9-16(10-12-17)13-21-25(22-14-28-23-8-4-3-5-18(22)23)19-6-1-2-7-20(19)26(31)27(21)32/h1-12,14,28H,13,15H2,(H,29,30). The monoisotopic (exact) mass is 437 g/mol. The van der Waals surface area contributed by atoms with Crippen molar-refractivity contribution >= 4 is 34.0 Å². The van der Waals surface area contributed by atoms with E-state index in [1.807, 2.05) is 42.6 Å². The summed E-state index contributed by atoms with van der Waals surface area (Å²) in [4.78, 5) is 40.2. The van der Waals surface area contributed by atoms with Crippen LogP contribution in [0.3, 0.4) is 0 Å². The number of hydrogen-bond acceptors (Lipinski definition) is 4. The molecule has 6 heteroatoms. The number of hydrogen-bond donors (Lipinski definition) is 2. The Bertz CT molecular complexity index is 1440. The maximum atomic E-state index is 13.3. The highest BCUT2D eigenvalue weighted by atomic mass is 16.5. The number of carboxylic acids is 1. The molecule has 4 aromatic rings. The molecule has 3 aromatic carbocycles. The predicted octanol–water partition coefficient (Wildman–Crippen LogP) is 4.44. The van der Waals surface area contributed by atoms with Crippen LogP contribution >= 0.6 is 0 Å². The van der Waals surface area contributed by atoms with Gasteiger partial charge in [0.05, 0.1) is 0 Å². The summed E-state index contributed by atoms with van der Waals surface area (Å²) in [5, 5.41) is 9.74. The number of aromatic amines is 1. The number of nitrogens with one attached hydrogen (secondary N) is 1. The lowest BCUT2D eigenvalue weighted by Crippen LogP contribution is -2.25. The van der Waals surface area contributed by atoms with E-state index in [0.717, 1.165) is 33.2 Å². The molecule has 2 N–H and O–H groups in total. The number of allylic oxidation sites excluding steroid dienone is 1. The van der Waals surface area contributed by atoms with Crippen LogP contribution in [0.15, 0.2) is 84.6 Å². The Balaban J connectivity index is 1.63. The van der Waals surface area contributed by atoms with Crippen LogP contribution in [0.4, 0.5) is 0 Å². The third-order valence-corrected chi connectivity index (χ3v) is 5.75. The molecule has 0 atom stereocenters. The molecule has 1 aromatic heterocycles. The zero-order valence-electron chi connectivity index (χ0n) is 17.5. The largest absolute Gasteiger partial charge is 0.482 e. The predicted molar refractivity (Wildman–Crippen MR) is 123 cm³/mol. The van der Waals surface area contributed by atoms with E-state index in [2.05, 4.69) is 4.98 Å². The lowest BCUT2D eigenvalue weighted by atomic mass is 9.79. The molecular weight excluding hydrogens is 418 g/mol. The Hall–Kier alpha value is -4.45. The summed E-state index contributed by atoms with van der Waals surface area (Å²) in [6, 6.07) is 21.9. The van der Waals surface area contributed by atoms with Gasteiger partial charge in [0.1, 0.15) is 5.75 Å². The second-order valence-electron chi connectivity index (χ2n) is 7.81. The average Bonchev–Trinajstić information content (AvgIpc) is 3.26. The average molecular weight is 437 g/mol. The molecule has 0 bridgehead atoms. The Kier molecular flexibility index (Phi) is 5.11. The molecular formula is C27H19NO5. The number of aliphatic carboxylic acids is 1. The SMILES string of the molecule is O=C(O)COc1ccc(CC2=C(c3c[nH]c4ccccc34)c3ccccc3C(=O)C2=O)cc1. The van der Waals surface area contributed by atoms with Gasteiger partial charge in [-0.1, -0.05) is 54.6 Å². The molecule has 33 heavy (non-hydrogen) atoms. The Morgan fingerprint density at radius 2 is 1.52 bits per heavy atom. The highest BCUT2D eigenvalue weighted by Crippen LogP contribution is 2.39. The fraction of sp³-hybridized carbons (Fsp3) is 0.0741. The van der Waals surface area contributed by atoms with Crippen LogP contribution in [0.5, 0.6) is 5.75 Å². The maximum Gasteiger partial charge on any atom is 0.341 e. The third kappa shape index (κ3) is 3.72. The van der Waals surface area contributed by atoms with Crippen molar-refractivity contribution in [3.05, 3.63) is 107 Å². The van der Waals surface area contributed by atoms with Gasteiger partial charge in [0, 0.05) is 40.2 Å². The molecule has 5 rings (SSSR count). The van der Waals surface area contributed by atoms with Gasteiger partial charge in [-0.25, -0.2) is 4.79 Å². The molecule has 0 spiro atoms. The van der Waals surface area contributed by atoms with Crippen molar-refractivity contribution in [1.29, 1.82) is 0 Å². The minimum absolute atomic E-state index is 0.257. The normalized spacial score (nSPS) is 13.3. The van der Waals surface area contributed by atoms with Crippen LogP contribution in [0.25, 0.3) is 16.5 Å². The molecule has 0 unspecified atom stereocenters. The smallest absolute Gasteiger partial charge is 0.341 e. The molecule has 1 aliphatic rings. The van der Waals surface area contributed by atoms with E-state index < -0.39 is 24.1 Å². The fourth-order valence-corrected chi connectivity index (χ4v) is 4.24. The summed E-state index contributed by atoms with van der Waals surface area (Å²) in [5.74, 6) is -1.66. The van der Waals surface area contributed by atoms with Crippen molar-refractivity contribution in [1.82, 2.24) is 4.98 Å². The number of ether oxygens (including phenoxy) is 1. The topological polar surface area (TPSA) is 96.5 Å². The minimum Gasteiger partial charge on any atom is -0.482 e. The van der Waals surface area contributed by atoms with Gasteiger partial charge in [-0.05, 0) is 34.9 Å². The molecule has 0 saturated heterocycles. The second kappa shape index (κ2) is 8.24. The number of ketones is 2. The highest BCUT2D eigenvalue weighted by Gasteiger charge is 2.33. The first-order valence-corrected chi connectivity index (χ1v) is 10.4. The number of rotatable bonds is 6. The molecule has 6 nitrogen and oxygen atoms in total. The van der Waals surface area contributed by atoms with E-state index in [-0.39, 0.29) is 6.42 Å². The highest BCUT2D eigenvalue weighted by molar-refractivity contribution is 6.53. The van der Waals surface area contributed by atoms with E-state index in [4.69, 9.17) is 9.84 Å². The quantitative estimate of drug-likeness (QED) is 0.435. The van der Waals surface area contributed by atoms with E-state index in [9.17, 15) is 14.4 Å². The zero-order chi connectivity index (χ0) is 22.9. The zero-order valence-corrected chi connectivity index (χ0v) is 17.5. The van der Waals surface area contributed by atoms with Crippen LogP contribution in [-0.2, 0) is 16.0 Å². The Morgan fingerprint density at radius 1 is 0.818 bits per heavy atom. The van der Waals surface area contributed by atoms with Gasteiger partial charge in [-0.2, -0.15) is 0 Å². The van der Waals surface area contributed by atoms with Crippen molar-refractivity contribution in [3.8, 4) is 5.75 Å². The van der Waals surface area contributed by atoms with Crippen molar-refractivity contribution in [2.24, 2.45) is 0 Å². The van der Waals surface area contributed by atoms with Crippen molar-refractivity contribution in [2.75, 3.05) is 6.61 Å². The molecule has 0 aliphatic heterocycles.